The van der Waals surface area contributed by atoms with Gasteiger partial charge in [0, 0.05) is 6.42 Å². The molecule has 0 aromatic carbocycles. The van der Waals surface area contributed by atoms with E-state index in [4.69, 9.17) is 9.47 Å². The lowest BCUT2D eigenvalue weighted by atomic mass is 9.65. The number of aliphatic hydroxyl groups is 1. The van der Waals surface area contributed by atoms with Gasteiger partial charge in [0.15, 0.2) is 5.79 Å². The maximum atomic E-state index is 10.5. The summed E-state index contributed by atoms with van der Waals surface area (Å²) >= 11 is 0. The topological polar surface area (TPSA) is 38.7 Å². The molecule has 0 amide bonds. The zero-order valence-corrected chi connectivity index (χ0v) is 10.4. The molecule has 3 rings (SSSR count). The van der Waals surface area contributed by atoms with Crippen molar-refractivity contribution in [2.45, 2.75) is 56.8 Å². The summed E-state index contributed by atoms with van der Waals surface area (Å²) in [6, 6.07) is 0. The van der Waals surface area contributed by atoms with E-state index >= 15 is 0 Å². The largest absolute Gasteiger partial charge is 0.392 e. The smallest absolute Gasteiger partial charge is 0.176 e. The first-order valence-electron chi connectivity index (χ1n) is 6.90. The van der Waals surface area contributed by atoms with Gasteiger partial charge < -0.3 is 14.6 Å². The van der Waals surface area contributed by atoms with Gasteiger partial charge in [-0.3, -0.25) is 0 Å². The number of aliphatic hydroxyl groups excluding tert-OH is 1. The molecule has 1 heterocycles. The van der Waals surface area contributed by atoms with Gasteiger partial charge in [-0.1, -0.05) is 25.0 Å². The molecule has 0 aromatic rings. The molecule has 0 aromatic heterocycles. The van der Waals surface area contributed by atoms with Gasteiger partial charge in [-0.05, 0) is 25.7 Å². The van der Waals surface area contributed by atoms with Crippen molar-refractivity contribution in [1.82, 2.24) is 0 Å². The molecule has 96 valence electrons. The van der Waals surface area contributed by atoms with E-state index in [1.54, 1.807) is 0 Å². The van der Waals surface area contributed by atoms with E-state index in [0.717, 1.165) is 32.1 Å². The Balaban J connectivity index is 1.99. The molecule has 2 atom stereocenters. The van der Waals surface area contributed by atoms with Crippen molar-refractivity contribution >= 4 is 0 Å². The molecule has 2 aliphatic carbocycles. The molecule has 2 spiro atoms. The minimum atomic E-state index is -0.506. The monoisotopic (exact) mass is 238 g/mol. The van der Waals surface area contributed by atoms with Crippen LogP contribution in [0.1, 0.15) is 44.9 Å². The van der Waals surface area contributed by atoms with Gasteiger partial charge in [0.05, 0.1) is 24.7 Å². The van der Waals surface area contributed by atoms with Crippen LogP contribution in [-0.4, -0.2) is 30.2 Å². The number of allylic oxidation sites excluding steroid dienone is 1. The van der Waals surface area contributed by atoms with Crippen molar-refractivity contribution in [2.75, 3.05) is 13.2 Å². The van der Waals surface area contributed by atoms with Gasteiger partial charge in [0.2, 0.25) is 0 Å². The van der Waals surface area contributed by atoms with Gasteiger partial charge in [0.1, 0.15) is 0 Å². The molecular weight excluding hydrogens is 216 g/mol. The SMILES string of the molecule is O[C@@H]1CC=CC[C@]12CCCCCC21OCCO1. The Bertz CT molecular complexity index is 307. The number of ether oxygens (including phenoxy) is 2. The number of hydrogen-bond donors (Lipinski definition) is 1. The lowest BCUT2D eigenvalue weighted by molar-refractivity contribution is -0.268. The molecule has 1 saturated carbocycles. The predicted molar refractivity (Wildman–Crippen MR) is 64.5 cm³/mol. The Morgan fingerprint density at radius 3 is 2.53 bits per heavy atom. The average Bonchev–Trinajstić information content (AvgIpc) is 2.73. The highest BCUT2D eigenvalue weighted by atomic mass is 16.7. The Labute approximate surface area is 103 Å². The Morgan fingerprint density at radius 2 is 1.76 bits per heavy atom. The average molecular weight is 238 g/mol. The molecular formula is C14H22O3. The quantitative estimate of drug-likeness (QED) is 0.659. The fourth-order valence-corrected chi connectivity index (χ4v) is 3.86. The van der Waals surface area contributed by atoms with Crippen LogP contribution < -0.4 is 0 Å². The minimum Gasteiger partial charge on any atom is -0.392 e. The molecule has 3 nitrogen and oxygen atoms in total. The van der Waals surface area contributed by atoms with Crippen LogP contribution in [0.3, 0.4) is 0 Å². The summed E-state index contributed by atoms with van der Waals surface area (Å²) in [5.41, 5.74) is -0.200. The van der Waals surface area contributed by atoms with Gasteiger partial charge in [-0.15, -0.1) is 0 Å². The molecule has 2 fully saturated rings. The van der Waals surface area contributed by atoms with Crippen LogP contribution in [0.4, 0.5) is 0 Å². The van der Waals surface area contributed by atoms with Crippen LogP contribution in [0, 0.1) is 5.41 Å². The summed E-state index contributed by atoms with van der Waals surface area (Å²) in [4.78, 5) is 0. The highest BCUT2D eigenvalue weighted by Crippen LogP contribution is 2.54. The van der Waals surface area contributed by atoms with Gasteiger partial charge in [-0.2, -0.15) is 0 Å². The fraction of sp³-hybridized carbons (Fsp3) is 0.857. The summed E-state index contributed by atoms with van der Waals surface area (Å²) in [6.07, 6.45) is 11.1. The molecule has 0 bridgehead atoms. The Kier molecular flexibility index (Phi) is 3.01. The molecule has 17 heavy (non-hydrogen) atoms. The van der Waals surface area contributed by atoms with Crippen molar-refractivity contribution in [3.8, 4) is 0 Å². The molecule has 3 heteroatoms. The van der Waals surface area contributed by atoms with E-state index in [1.807, 2.05) is 0 Å². The van der Waals surface area contributed by atoms with Crippen LogP contribution in [0.25, 0.3) is 0 Å². The van der Waals surface area contributed by atoms with Crippen molar-refractivity contribution in [3.63, 3.8) is 0 Å². The summed E-state index contributed by atoms with van der Waals surface area (Å²) in [5, 5.41) is 10.5. The van der Waals surface area contributed by atoms with Crippen LogP contribution in [0.15, 0.2) is 12.2 Å². The molecule has 3 aliphatic rings. The van der Waals surface area contributed by atoms with Gasteiger partial charge in [0.25, 0.3) is 0 Å². The Hall–Kier alpha value is -0.380. The Morgan fingerprint density at radius 1 is 1.00 bits per heavy atom. The van der Waals surface area contributed by atoms with Crippen LogP contribution in [0.5, 0.6) is 0 Å². The highest BCUT2D eigenvalue weighted by molar-refractivity contribution is 5.10. The molecule has 0 unspecified atom stereocenters. The molecule has 0 radical (unpaired) electrons. The normalized spacial score (nSPS) is 40.9. The first kappa shape index (κ1) is 11.7. The second kappa shape index (κ2) is 4.38. The summed E-state index contributed by atoms with van der Waals surface area (Å²) < 4.78 is 12.0. The van der Waals surface area contributed by atoms with Crippen LogP contribution in [0.2, 0.25) is 0 Å². The molecule has 1 saturated heterocycles. The van der Waals surface area contributed by atoms with Crippen molar-refractivity contribution in [3.05, 3.63) is 12.2 Å². The summed E-state index contributed by atoms with van der Waals surface area (Å²) in [7, 11) is 0. The zero-order valence-electron chi connectivity index (χ0n) is 10.4. The number of fused-ring (bicyclic) bond motifs is 1. The third kappa shape index (κ3) is 1.67. The third-order valence-corrected chi connectivity index (χ3v) is 4.79. The predicted octanol–water partition coefficient (Wildman–Crippen LogP) is 2.39. The molecule has 1 aliphatic heterocycles. The van der Waals surface area contributed by atoms with E-state index < -0.39 is 5.79 Å². The van der Waals surface area contributed by atoms with Crippen molar-refractivity contribution in [2.24, 2.45) is 5.41 Å². The first-order chi connectivity index (χ1) is 8.29. The summed E-state index contributed by atoms with van der Waals surface area (Å²) in [5.74, 6) is -0.506. The third-order valence-electron chi connectivity index (χ3n) is 4.79. The number of rotatable bonds is 0. The number of hydrogen-bond acceptors (Lipinski definition) is 3. The van der Waals surface area contributed by atoms with E-state index in [9.17, 15) is 5.11 Å². The van der Waals surface area contributed by atoms with Crippen LogP contribution in [-0.2, 0) is 9.47 Å². The van der Waals surface area contributed by atoms with Crippen LogP contribution >= 0.6 is 0 Å². The molecule has 1 N–H and O–H groups in total. The summed E-state index contributed by atoms with van der Waals surface area (Å²) in [6.45, 7) is 1.36. The standard InChI is InChI=1S/C14H22O3/c15-12-6-2-5-8-13(12)7-3-1-4-9-14(13)16-10-11-17-14/h2,5,12,15H,1,3-4,6-11H2/t12-,13-/m1/s1. The maximum absolute atomic E-state index is 10.5. The van der Waals surface area contributed by atoms with E-state index in [1.165, 1.54) is 12.8 Å². The van der Waals surface area contributed by atoms with Gasteiger partial charge >= 0.3 is 0 Å². The second-order valence-corrected chi connectivity index (χ2v) is 5.59. The van der Waals surface area contributed by atoms with E-state index in [-0.39, 0.29) is 11.5 Å². The maximum Gasteiger partial charge on any atom is 0.176 e. The lowest BCUT2D eigenvalue weighted by Gasteiger charge is -2.49. The highest BCUT2D eigenvalue weighted by Gasteiger charge is 2.59. The van der Waals surface area contributed by atoms with Crippen molar-refractivity contribution < 1.29 is 14.6 Å². The first-order valence-corrected chi connectivity index (χ1v) is 6.90. The van der Waals surface area contributed by atoms with Gasteiger partial charge in [-0.25, -0.2) is 0 Å². The minimum absolute atomic E-state index is 0.200. The van der Waals surface area contributed by atoms with E-state index in [0.29, 0.717) is 13.2 Å². The van der Waals surface area contributed by atoms with E-state index in [2.05, 4.69) is 12.2 Å². The lowest BCUT2D eigenvalue weighted by Crippen LogP contribution is -2.56. The zero-order chi connectivity index (χ0) is 11.8. The van der Waals surface area contributed by atoms with Crippen molar-refractivity contribution in [1.29, 1.82) is 0 Å². The second-order valence-electron chi connectivity index (χ2n) is 5.59. The fourth-order valence-electron chi connectivity index (χ4n) is 3.86.